The van der Waals surface area contributed by atoms with E-state index in [4.69, 9.17) is 9.47 Å². The van der Waals surface area contributed by atoms with E-state index in [0.29, 0.717) is 13.0 Å². The first-order valence-corrected chi connectivity index (χ1v) is 7.89. The van der Waals surface area contributed by atoms with Crippen molar-refractivity contribution in [2.45, 2.75) is 60.0 Å². The molecule has 0 aromatic rings. The zero-order valence-electron chi connectivity index (χ0n) is 14.0. The van der Waals surface area contributed by atoms with Gasteiger partial charge in [0.1, 0.15) is 12.5 Å². The Hall–Kier alpha value is -1.03. The fraction of sp³-hybridized carbons (Fsp3) is 0.824. The van der Waals surface area contributed by atoms with Crippen LogP contribution in [0.5, 0.6) is 0 Å². The monoisotopic (exact) mass is 298 g/mol. The molecule has 0 bridgehead atoms. The lowest BCUT2D eigenvalue weighted by Gasteiger charge is -2.44. The third-order valence-electron chi connectivity index (χ3n) is 4.37. The highest BCUT2D eigenvalue weighted by Gasteiger charge is 2.40. The minimum Gasteiger partial charge on any atom is -0.498 e. The Morgan fingerprint density at radius 3 is 2.52 bits per heavy atom. The number of carbonyl (C=O) groups is 1. The van der Waals surface area contributed by atoms with Crippen molar-refractivity contribution in [1.29, 1.82) is 0 Å². The fourth-order valence-electron chi connectivity index (χ4n) is 3.21. The van der Waals surface area contributed by atoms with E-state index in [1.54, 1.807) is 0 Å². The number of hydrogen-bond donors (Lipinski definition) is 1. The molecule has 1 saturated carbocycles. The van der Waals surface area contributed by atoms with Gasteiger partial charge in [-0.05, 0) is 42.9 Å². The van der Waals surface area contributed by atoms with Crippen molar-refractivity contribution in [3.8, 4) is 0 Å². The summed E-state index contributed by atoms with van der Waals surface area (Å²) < 4.78 is 10.00. The second-order valence-corrected chi connectivity index (χ2v) is 7.20. The summed E-state index contributed by atoms with van der Waals surface area (Å²) in [5, 5.41) is 10.4. The van der Waals surface area contributed by atoms with Crippen molar-refractivity contribution in [2.24, 2.45) is 23.2 Å². The molecule has 0 aromatic heterocycles. The first-order valence-electron chi connectivity index (χ1n) is 7.89. The molecule has 122 valence electrons. The molecule has 1 aliphatic carbocycles. The largest absolute Gasteiger partial charge is 0.498 e. The van der Waals surface area contributed by atoms with Crippen LogP contribution in [-0.4, -0.2) is 23.8 Å². The second-order valence-electron chi connectivity index (χ2n) is 7.20. The third kappa shape index (κ3) is 5.70. The molecule has 1 rings (SSSR count). The van der Waals surface area contributed by atoms with Crippen molar-refractivity contribution >= 4 is 5.97 Å². The van der Waals surface area contributed by atoms with E-state index in [1.165, 1.54) is 12.5 Å². The van der Waals surface area contributed by atoms with Crippen LogP contribution in [0.2, 0.25) is 0 Å². The average Bonchev–Trinajstić information content (AvgIpc) is 2.37. The number of hydrogen-bond acceptors (Lipinski definition) is 4. The van der Waals surface area contributed by atoms with Crippen molar-refractivity contribution in [1.82, 2.24) is 0 Å². The summed E-state index contributed by atoms with van der Waals surface area (Å²) in [7, 11) is 0. The molecule has 0 saturated heterocycles. The number of ether oxygens (including phenoxy) is 2. The number of esters is 1. The molecule has 1 fully saturated rings. The molecular weight excluding hydrogens is 268 g/mol. The lowest BCUT2D eigenvalue weighted by Crippen LogP contribution is -2.42. The van der Waals surface area contributed by atoms with Crippen LogP contribution in [0.4, 0.5) is 0 Å². The van der Waals surface area contributed by atoms with Gasteiger partial charge in [-0.15, -0.1) is 0 Å². The van der Waals surface area contributed by atoms with Gasteiger partial charge in [0.25, 0.3) is 0 Å². The molecule has 1 aliphatic rings. The highest BCUT2D eigenvalue weighted by Crippen LogP contribution is 2.43. The Kier molecular flexibility index (Phi) is 6.72. The summed E-state index contributed by atoms with van der Waals surface area (Å²) in [5.74, 6) is 0.491. The van der Waals surface area contributed by atoms with Crippen molar-refractivity contribution < 1.29 is 19.4 Å². The molecule has 0 spiro atoms. The zero-order chi connectivity index (χ0) is 16.0. The van der Waals surface area contributed by atoms with Gasteiger partial charge >= 0.3 is 5.97 Å². The highest BCUT2D eigenvalue weighted by atomic mass is 16.5. The molecule has 0 heterocycles. The lowest BCUT2D eigenvalue weighted by atomic mass is 9.64. The van der Waals surface area contributed by atoms with Crippen LogP contribution in [-0.2, 0) is 14.3 Å². The summed E-state index contributed by atoms with van der Waals surface area (Å²) in [5.41, 5.74) is 0.0467. The van der Waals surface area contributed by atoms with Gasteiger partial charge in [0, 0.05) is 6.42 Å². The van der Waals surface area contributed by atoms with Gasteiger partial charge in [-0.2, -0.15) is 0 Å². The molecule has 0 aliphatic heterocycles. The molecule has 4 nitrogen and oxygen atoms in total. The molecule has 1 N–H and O–H groups in total. The molecule has 0 radical (unpaired) electrons. The maximum absolute atomic E-state index is 11.8. The molecule has 4 atom stereocenters. The minimum atomic E-state index is -0.282. The van der Waals surface area contributed by atoms with E-state index in [0.717, 1.165) is 12.8 Å². The topological polar surface area (TPSA) is 55.8 Å². The number of aliphatic hydroxyl groups is 1. The molecule has 0 amide bonds. The zero-order valence-corrected chi connectivity index (χ0v) is 14.0. The second kappa shape index (κ2) is 7.83. The summed E-state index contributed by atoms with van der Waals surface area (Å²) in [6.45, 7) is 10.9. The van der Waals surface area contributed by atoms with Crippen LogP contribution in [0.15, 0.2) is 12.5 Å². The molecule has 4 heteroatoms. The van der Waals surface area contributed by atoms with Gasteiger partial charge in [-0.3, -0.25) is 4.79 Å². The Morgan fingerprint density at radius 1 is 1.29 bits per heavy atom. The van der Waals surface area contributed by atoms with Crippen LogP contribution in [0.25, 0.3) is 0 Å². The predicted molar refractivity (Wildman–Crippen MR) is 82.3 cm³/mol. The van der Waals surface area contributed by atoms with Crippen molar-refractivity contribution in [3.63, 3.8) is 0 Å². The number of aliphatic hydroxyl groups excluding tert-OH is 1. The average molecular weight is 298 g/mol. The molecule has 4 unspecified atom stereocenters. The van der Waals surface area contributed by atoms with Crippen LogP contribution in [0.1, 0.15) is 53.9 Å². The smallest absolute Gasteiger partial charge is 0.310 e. The highest BCUT2D eigenvalue weighted by molar-refractivity contribution is 5.70. The van der Waals surface area contributed by atoms with E-state index in [9.17, 15) is 9.90 Å². The normalized spacial score (nSPS) is 30.4. The van der Waals surface area contributed by atoms with Crippen LogP contribution in [0, 0.1) is 23.2 Å². The number of rotatable bonds is 5. The van der Waals surface area contributed by atoms with E-state index in [-0.39, 0.29) is 35.2 Å². The predicted octanol–water partition coefficient (Wildman–Crippen LogP) is 3.50. The van der Waals surface area contributed by atoms with Gasteiger partial charge < -0.3 is 14.6 Å². The first kappa shape index (κ1) is 18.0. The third-order valence-corrected chi connectivity index (χ3v) is 4.37. The Balaban J connectivity index is 2.54. The SMILES string of the molecule is CCO/C=C/OC(=O)CC1CC(C)C(O)C(C(C)(C)C)C1. The van der Waals surface area contributed by atoms with E-state index in [1.807, 2.05) is 6.92 Å². The van der Waals surface area contributed by atoms with Gasteiger partial charge in [0.2, 0.25) is 0 Å². The van der Waals surface area contributed by atoms with E-state index in [2.05, 4.69) is 27.7 Å². The Labute approximate surface area is 128 Å². The minimum absolute atomic E-state index is 0.0467. The Bertz CT molecular complexity index is 356. The summed E-state index contributed by atoms with van der Waals surface area (Å²) in [6, 6.07) is 0. The van der Waals surface area contributed by atoms with E-state index < -0.39 is 0 Å². The van der Waals surface area contributed by atoms with Crippen molar-refractivity contribution in [2.75, 3.05) is 6.61 Å². The fourth-order valence-corrected chi connectivity index (χ4v) is 3.21. The van der Waals surface area contributed by atoms with Crippen LogP contribution < -0.4 is 0 Å². The maximum atomic E-state index is 11.8. The quantitative estimate of drug-likeness (QED) is 0.623. The van der Waals surface area contributed by atoms with Gasteiger partial charge in [0.15, 0.2) is 0 Å². The molecular formula is C17H30O4. The molecule has 0 aromatic carbocycles. The van der Waals surface area contributed by atoms with Gasteiger partial charge in [-0.1, -0.05) is 27.7 Å². The standard InChI is InChI=1S/C17H30O4/c1-6-20-7-8-21-15(18)11-13-9-12(2)16(19)14(10-13)17(3,4)5/h7-8,12-14,16,19H,6,9-11H2,1-5H3/b8-7+. The molecule has 21 heavy (non-hydrogen) atoms. The summed E-state index contributed by atoms with van der Waals surface area (Å²) in [6.07, 6.45) is 4.56. The van der Waals surface area contributed by atoms with E-state index >= 15 is 0 Å². The number of carbonyl (C=O) groups excluding carboxylic acids is 1. The lowest BCUT2D eigenvalue weighted by molar-refractivity contribution is -0.141. The van der Waals surface area contributed by atoms with Crippen molar-refractivity contribution in [3.05, 3.63) is 12.5 Å². The van der Waals surface area contributed by atoms with Gasteiger partial charge in [0.05, 0.1) is 12.7 Å². The Morgan fingerprint density at radius 2 is 1.95 bits per heavy atom. The summed E-state index contributed by atoms with van der Waals surface area (Å²) in [4.78, 5) is 11.8. The first-order chi connectivity index (χ1) is 9.75. The maximum Gasteiger partial charge on any atom is 0.310 e. The van der Waals surface area contributed by atoms with Crippen LogP contribution >= 0.6 is 0 Å². The van der Waals surface area contributed by atoms with Crippen LogP contribution in [0.3, 0.4) is 0 Å². The van der Waals surface area contributed by atoms with Gasteiger partial charge in [-0.25, -0.2) is 0 Å². The summed E-state index contributed by atoms with van der Waals surface area (Å²) >= 11 is 0.